The van der Waals surface area contributed by atoms with Gasteiger partial charge in [0, 0.05) is 13.7 Å². The van der Waals surface area contributed by atoms with Crippen LogP contribution in [0.5, 0.6) is 0 Å². The van der Waals surface area contributed by atoms with Crippen molar-refractivity contribution in [2.24, 2.45) is 0 Å². The highest BCUT2D eigenvalue weighted by Crippen LogP contribution is 2.26. The Morgan fingerprint density at radius 3 is 3.12 bits per heavy atom. The predicted octanol–water partition coefficient (Wildman–Crippen LogP) is 2.62. The first-order valence-electron chi connectivity index (χ1n) is 5.34. The van der Waals surface area contributed by atoms with E-state index < -0.39 is 0 Å². The molecule has 2 heterocycles. The van der Waals surface area contributed by atoms with Crippen LogP contribution in [-0.4, -0.2) is 26.9 Å². The highest BCUT2D eigenvalue weighted by molar-refractivity contribution is 7.71. The zero-order valence-electron chi connectivity index (χ0n) is 9.77. The van der Waals surface area contributed by atoms with E-state index in [0.717, 1.165) is 29.4 Å². The summed E-state index contributed by atoms with van der Waals surface area (Å²) in [5, 5.41) is 7.11. The van der Waals surface area contributed by atoms with E-state index in [1.165, 1.54) is 0 Å². The molecule has 1 N–H and O–H groups in total. The van der Waals surface area contributed by atoms with E-state index >= 15 is 0 Å². The lowest BCUT2D eigenvalue weighted by Crippen LogP contribution is -2.01. The van der Waals surface area contributed by atoms with Crippen LogP contribution in [0.3, 0.4) is 0 Å². The molecule has 92 valence electrons. The molecule has 0 aliphatic rings. The Labute approximate surface area is 108 Å². The van der Waals surface area contributed by atoms with Crippen LogP contribution >= 0.6 is 23.6 Å². The fourth-order valence-corrected chi connectivity index (χ4v) is 2.63. The normalized spacial score (nSPS) is 10.9. The van der Waals surface area contributed by atoms with E-state index in [4.69, 9.17) is 17.0 Å². The van der Waals surface area contributed by atoms with Gasteiger partial charge in [0.05, 0.1) is 22.7 Å². The Balaban J connectivity index is 2.45. The second kappa shape index (κ2) is 5.52. The van der Waals surface area contributed by atoms with Gasteiger partial charge in [-0.1, -0.05) is 6.92 Å². The van der Waals surface area contributed by atoms with E-state index in [2.05, 4.69) is 22.1 Å². The molecule has 2 aromatic heterocycles. The summed E-state index contributed by atoms with van der Waals surface area (Å²) in [6.45, 7) is 3.46. The van der Waals surface area contributed by atoms with E-state index in [0.29, 0.717) is 11.4 Å². The minimum atomic E-state index is 0.491. The number of ether oxygens (including phenoxy) is 1. The Morgan fingerprint density at radius 2 is 2.41 bits per heavy atom. The minimum absolute atomic E-state index is 0.491. The molecule has 0 bridgehead atoms. The van der Waals surface area contributed by atoms with Crippen molar-refractivity contribution < 1.29 is 4.74 Å². The number of nitrogens with one attached hydrogen (secondary N) is 1. The molecule has 0 saturated carbocycles. The molecule has 0 aliphatic heterocycles. The molecule has 2 aromatic rings. The van der Waals surface area contributed by atoms with Gasteiger partial charge >= 0.3 is 0 Å². The third-order valence-electron chi connectivity index (χ3n) is 2.33. The van der Waals surface area contributed by atoms with Crippen molar-refractivity contribution in [3.05, 3.63) is 16.0 Å². The number of H-pyrrole nitrogens is 1. The molecule has 0 fully saturated rings. The summed E-state index contributed by atoms with van der Waals surface area (Å²) in [5.41, 5.74) is 2.71. The standard InChI is InChI=1S/C10H14N4OS2/c1-3-4-14-9(12-13-10(14)16)8-7(5-15-2)11-6-17-8/h6H,3-5H2,1-2H3,(H,13,16). The third-order valence-corrected chi connectivity index (χ3v) is 3.51. The monoisotopic (exact) mass is 270 g/mol. The lowest BCUT2D eigenvalue weighted by molar-refractivity contribution is 0.182. The zero-order valence-corrected chi connectivity index (χ0v) is 11.4. The summed E-state index contributed by atoms with van der Waals surface area (Å²) >= 11 is 6.77. The van der Waals surface area contributed by atoms with Crippen LogP contribution in [-0.2, 0) is 17.9 Å². The third kappa shape index (κ3) is 2.46. The average Bonchev–Trinajstić information content (AvgIpc) is 2.89. The smallest absolute Gasteiger partial charge is 0.195 e. The molecule has 0 amide bonds. The largest absolute Gasteiger partial charge is 0.378 e. The number of thiazole rings is 1. The van der Waals surface area contributed by atoms with Gasteiger partial charge in [-0.15, -0.1) is 11.3 Å². The van der Waals surface area contributed by atoms with E-state index in [-0.39, 0.29) is 0 Å². The molecule has 7 heteroatoms. The van der Waals surface area contributed by atoms with Crippen LogP contribution in [0.1, 0.15) is 19.0 Å². The second-order valence-corrected chi connectivity index (χ2v) is 4.81. The minimum Gasteiger partial charge on any atom is -0.378 e. The van der Waals surface area contributed by atoms with E-state index in [1.54, 1.807) is 24.0 Å². The van der Waals surface area contributed by atoms with Crippen molar-refractivity contribution >= 4 is 23.6 Å². The van der Waals surface area contributed by atoms with Crippen LogP contribution in [0, 0.1) is 4.77 Å². The number of hydrogen-bond donors (Lipinski definition) is 1. The first-order valence-corrected chi connectivity index (χ1v) is 6.63. The number of hydrogen-bond acceptors (Lipinski definition) is 5. The van der Waals surface area contributed by atoms with Gasteiger partial charge in [0.2, 0.25) is 0 Å². The Kier molecular flexibility index (Phi) is 4.03. The summed E-state index contributed by atoms with van der Waals surface area (Å²) in [7, 11) is 1.66. The van der Waals surface area contributed by atoms with Gasteiger partial charge in [-0.05, 0) is 18.6 Å². The number of rotatable bonds is 5. The van der Waals surface area contributed by atoms with Gasteiger partial charge in [-0.25, -0.2) is 4.98 Å². The molecule has 0 saturated heterocycles. The molecule has 0 aromatic carbocycles. The maximum Gasteiger partial charge on any atom is 0.195 e. The van der Waals surface area contributed by atoms with Gasteiger partial charge in [0.25, 0.3) is 0 Å². The van der Waals surface area contributed by atoms with Crippen LogP contribution in [0.4, 0.5) is 0 Å². The lowest BCUT2D eigenvalue weighted by Gasteiger charge is -2.04. The Hall–Kier alpha value is -1.05. The summed E-state index contributed by atoms with van der Waals surface area (Å²) in [6.07, 6.45) is 1.01. The number of aromatic nitrogens is 4. The average molecular weight is 270 g/mol. The molecule has 0 radical (unpaired) electrons. The second-order valence-electron chi connectivity index (χ2n) is 3.57. The maximum atomic E-state index is 5.22. The van der Waals surface area contributed by atoms with Crippen LogP contribution < -0.4 is 0 Å². The molecule has 0 atom stereocenters. The van der Waals surface area contributed by atoms with Crippen LogP contribution in [0.25, 0.3) is 10.7 Å². The molecule has 0 unspecified atom stereocenters. The van der Waals surface area contributed by atoms with Gasteiger partial charge in [-0.2, -0.15) is 5.10 Å². The summed E-state index contributed by atoms with van der Waals surface area (Å²) in [4.78, 5) is 5.31. The SMILES string of the molecule is CCCn1c(-c2scnc2COC)n[nH]c1=S. The lowest BCUT2D eigenvalue weighted by atomic mass is 10.3. The maximum absolute atomic E-state index is 5.22. The van der Waals surface area contributed by atoms with E-state index in [9.17, 15) is 0 Å². The molecule has 2 rings (SSSR count). The summed E-state index contributed by atoms with van der Waals surface area (Å²) in [5.74, 6) is 0.853. The Morgan fingerprint density at radius 1 is 1.59 bits per heavy atom. The topological polar surface area (TPSA) is 55.7 Å². The van der Waals surface area contributed by atoms with Gasteiger partial charge in [-0.3, -0.25) is 9.67 Å². The fraction of sp³-hybridized carbons (Fsp3) is 0.500. The van der Waals surface area contributed by atoms with Crippen molar-refractivity contribution in [1.29, 1.82) is 0 Å². The highest BCUT2D eigenvalue weighted by atomic mass is 32.1. The first kappa shape index (κ1) is 12.4. The van der Waals surface area contributed by atoms with Crippen LogP contribution in [0.15, 0.2) is 5.51 Å². The number of aromatic amines is 1. The van der Waals surface area contributed by atoms with Crippen molar-refractivity contribution in [3.63, 3.8) is 0 Å². The van der Waals surface area contributed by atoms with Crippen molar-refractivity contribution in [3.8, 4) is 10.7 Å². The van der Waals surface area contributed by atoms with Gasteiger partial charge in [0.15, 0.2) is 10.6 Å². The van der Waals surface area contributed by atoms with Crippen molar-refractivity contribution in [2.75, 3.05) is 7.11 Å². The van der Waals surface area contributed by atoms with Crippen molar-refractivity contribution in [1.82, 2.24) is 19.7 Å². The van der Waals surface area contributed by atoms with Gasteiger partial charge < -0.3 is 4.74 Å². The quantitative estimate of drug-likeness (QED) is 0.849. The number of nitrogens with zero attached hydrogens (tertiary/aromatic N) is 3. The summed E-state index contributed by atoms with van der Waals surface area (Å²) in [6, 6.07) is 0. The molecule has 5 nitrogen and oxygen atoms in total. The van der Waals surface area contributed by atoms with Gasteiger partial charge in [0.1, 0.15) is 0 Å². The summed E-state index contributed by atoms with van der Waals surface area (Å²) < 4.78 is 7.78. The molecule has 17 heavy (non-hydrogen) atoms. The number of methoxy groups -OCH3 is 1. The molecular formula is C10H14N4OS2. The zero-order chi connectivity index (χ0) is 12.3. The fourth-order valence-electron chi connectivity index (χ4n) is 1.61. The van der Waals surface area contributed by atoms with Crippen molar-refractivity contribution in [2.45, 2.75) is 26.5 Å². The highest BCUT2D eigenvalue weighted by Gasteiger charge is 2.15. The molecular weight excluding hydrogens is 256 g/mol. The molecule has 0 aliphatic carbocycles. The molecule has 0 spiro atoms. The Bertz CT molecular complexity index is 542. The predicted molar refractivity (Wildman–Crippen MR) is 69.5 cm³/mol. The van der Waals surface area contributed by atoms with Crippen LogP contribution in [0.2, 0.25) is 0 Å². The van der Waals surface area contributed by atoms with E-state index in [1.807, 2.05) is 4.57 Å². The first-order chi connectivity index (χ1) is 8.27.